The molecule has 7 heteroatoms. The van der Waals surface area contributed by atoms with Gasteiger partial charge in [-0.3, -0.25) is 9.78 Å². The maximum atomic E-state index is 12.2. The third-order valence-corrected chi connectivity index (χ3v) is 5.67. The maximum Gasteiger partial charge on any atom is 0.272 e. The molecule has 32 heavy (non-hydrogen) atoms. The standard InChI is InChI=1S/C25H24N4O3/c1-25(2,31)17-4-7-21(26-14-17)23-13-16-12-18(5-8-20(16)28-23)32-19-6-9-22(27-15-19)24(30)29-10-3-11-29/h4-9,12-15,28,31H,3,10-11H2,1-2H3. The maximum absolute atomic E-state index is 12.2. The van der Waals surface area contributed by atoms with Gasteiger partial charge in [-0.05, 0) is 62.7 Å². The Balaban J connectivity index is 1.33. The molecule has 0 spiro atoms. The van der Waals surface area contributed by atoms with E-state index in [-0.39, 0.29) is 5.91 Å². The van der Waals surface area contributed by atoms with Crippen LogP contribution in [0.2, 0.25) is 0 Å². The number of carbonyl (C=O) groups is 1. The minimum atomic E-state index is -0.923. The predicted molar refractivity (Wildman–Crippen MR) is 122 cm³/mol. The molecule has 0 bridgehead atoms. The molecule has 7 nitrogen and oxygen atoms in total. The first-order valence-electron chi connectivity index (χ1n) is 10.6. The Kier molecular flexibility index (Phi) is 4.90. The van der Waals surface area contributed by atoms with Gasteiger partial charge in [0, 0.05) is 35.8 Å². The molecule has 4 heterocycles. The van der Waals surface area contributed by atoms with Crippen LogP contribution in [0.5, 0.6) is 11.5 Å². The lowest BCUT2D eigenvalue weighted by Gasteiger charge is -2.30. The smallest absolute Gasteiger partial charge is 0.272 e. The van der Waals surface area contributed by atoms with Crippen LogP contribution in [0.4, 0.5) is 0 Å². The fourth-order valence-electron chi connectivity index (χ4n) is 3.61. The van der Waals surface area contributed by atoms with Gasteiger partial charge in [0.1, 0.15) is 17.2 Å². The quantitative estimate of drug-likeness (QED) is 0.489. The third kappa shape index (κ3) is 3.94. The number of H-pyrrole nitrogens is 1. The van der Waals surface area contributed by atoms with Crippen molar-refractivity contribution in [2.75, 3.05) is 13.1 Å². The van der Waals surface area contributed by atoms with Crippen molar-refractivity contribution < 1.29 is 14.6 Å². The summed E-state index contributed by atoms with van der Waals surface area (Å²) >= 11 is 0. The summed E-state index contributed by atoms with van der Waals surface area (Å²) in [6.45, 7) is 5.08. The van der Waals surface area contributed by atoms with Crippen LogP contribution in [0.25, 0.3) is 22.3 Å². The van der Waals surface area contributed by atoms with Crippen molar-refractivity contribution >= 4 is 16.8 Å². The number of rotatable bonds is 5. The summed E-state index contributed by atoms with van der Waals surface area (Å²) in [5, 5.41) is 11.1. The van der Waals surface area contributed by atoms with E-state index in [9.17, 15) is 9.90 Å². The predicted octanol–water partition coefficient (Wildman–Crippen LogP) is 4.49. The van der Waals surface area contributed by atoms with E-state index in [1.54, 1.807) is 43.3 Å². The highest BCUT2D eigenvalue weighted by Crippen LogP contribution is 2.29. The van der Waals surface area contributed by atoms with E-state index in [2.05, 4.69) is 15.0 Å². The molecule has 1 amide bonds. The van der Waals surface area contributed by atoms with Gasteiger partial charge < -0.3 is 19.7 Å². The number of aliphatic hydroxyl groups is 1. The number of hydrogen-bond donors (Lipinski definition) is 2. The number of aromatic nitrogens is 3. The van der Waals surface area contributed by atoms with Gasteiger partial charge in [-0.1, -0.05) is 6.07 Å². The van der Waals surface area contributed by atoms with Crippen LogP contribution < -0.4 is 4.74 Å². The number of benzene rings is 1. The average molecular weight is 428 g/mol. The molecular weight excluding hydrogens is 404 g/mol. The first kappa shape index (κ1) is 20.2. The van der Waals surface area contributed by atoms with Crippen LogP contribution >= 0.6 is 0 Å². The van der Waals surface area contributed by atoms with E-state index in [0.717, 1.165) is 47.4 Å². The summed E-state index contributed by atoms with van der Waals surface area (Å²) in [5.74, 6) is 1.22. The Morgan fingerprint density at radius 3 is 2.47 bits per heavy atom. The van der Waals surface area contributed by atoms with Gasteiger partial charge in [-0.25, -0.2) is 4.98 Å². The Morgan fingerprint density at radius 2 is 1.84 bits per heavy atom. The second-order valence-electron chi connectivity index (χ2n) is 8.55. The lowest BCUT2D eigenvalue weighted by Crippen LogP contribution is -2.42. The lowest BCUT2D eigenvalue weighted by molar-refractivity contribution is 0.0645. The first-order valence-corrected chi connectivity index (χ1v) is 10.6. The van der Waals surface area contributed by atoms with E-state index in [4.69, 9.17) is 4.74 Å². The summed E-state index contributed by atoms with van der Waals surface area (Å²) in [5.41, 5.74) is 2.92. The van der Waals surface area contributed by atoms with Gasteiger partial charge in [-0.2, -0.15) is 0 Å². The van der Waals surface area contributed by atoms with E-state index in [1.807, 2.05) is 36.4 Å². The molecule has 2 N–H and O–H groups in total. The lowest BCUT2D eigenvalue weighted by atomic mass is 10.0. The number of fused-ring (bicyclic) bond motifs is 1. The molecule has 1 fully saturated rings. The number of ether oxygens (including phenoxy) is 1. The molecule has 5 rings (SSSR count). The van der Waals surface area contributed by atoms with Crippen molar-refractivity contribution in [1.82, 2.24) is 19.9 Å². The number of likely N-dealkylation sites (tertiary alicyclic amines) is 1. The second kappa shape index (κ2) is 7.76. The van der Waals surface area contributed by atoms with E-state index < -0.39 is 5.60 Å². The molecule has 0 unspecified atom stereocenters. The molecule has 0 aliphatic carbocycles. The number of amides is 1. The summed E-state index contributed by atoms with van der Waals surface area (Å²) in [6, 6.07) is 15.0. The van der Waals surface area contributed by atoms with E-state index >= 15 is 0 Å². The molecule has 4 aromatic rings. The largest absolute Gasteiger partial charge is 0.456 e. The molecule has 1 aromatic carbocycles. The highest BCUT2D eigenvalue weighted by Gasteiger charge is 2.22. The minimum Gasteiger partial charge on any atom is -0.456 e. The van der Waals surface area contributed by atoms with Crippen LogP contribution in [-0.2, 0) is 5.60 Å². The number of aromatic amines is 1. The monoisotopic (exact) mass is 428 g/mol. The minimum absolute atomic E-state index is 0.0340. The molecule has 162 valence electrons. The average Bonchev–Trinajstić information content (AvgIpc) is 3.16. The van der Waals surface area contributed by atoms with Crippen molar-refractivity contribution in [3.8, 4) is 22.9 Å². The molecule has 1 aliphatic heterocycles. The molecule has 0 radical (unpaired) electrons. The molecule has 3 aromatic heterocycles. The molecular formula is C25H24N4O3. The van der Waals surface area contributed by atoms with Crippen molar-refractivity contribution in [2.45, 2.75) is 25.9 Å². The van der Waals surface area contributed by atoms with Crippen molar-refractivity contribution in [2.24, 2.45) is 0 Å². The number of carbonyl (C=O) groups excluding carboxylic acids is 1. The van der Waals surface area contributed by atoms with Crippen molar-refractivity contribution in [3.63, 3.8) is 0 Å². The van der Waals surface area contributed by atoms with Gasteiger partial charge in [0.15, 0.2) is 0 Å². The number of nitrogens with zero attached hydrogens (tertiary/aromatic N) is 3. The fourth-order valence-corrected chi connectivity index (χ4v) is 3.61. The third-order valence-electron chi connectivity index (χ3n) is 5.67. The summed E-state index contributed by atoms with van der Waals surface area (Å²) in [4.78, 5) is 26.1. The Morgan fingerprint density at radius 1 is 1.03 bits per heavy atom. The Bertz CT molecular complexity index is 1270. The SMILES string of the molecule is CC(C)(O)c1ccc(-c2cc3cc(Oc4ccc(C(=O)N5CCC5)nc4)ccc3[nH]2)nc1. The van der Waals surface area contributed by atoms with Crippen molar-refractivity contribution in [3.05, 3.63) is 72.2 Å². The Labute approximate surface area is 185 Å². The van der Waals surface area contributed by atoms with Gasteiger partial charge in [0.05, 0.1) is 23.2 Å². The summed E-state index contributed by atoms with van der Waals surface area (Å²) in [6.07, 6.45) is 4.32. The van der Waals surface area contributed by atoms with Crippen LogP contribution in [0.1, 0.15) is 36.3 Å². The zero-order chi connectivity index (χ0) is 22.3. The molecule has 1 saturated heterocycles. The first-order chi connectivity index (χ1) is 15.4. The van der Waals surface area contributed by atoms with E-state index in [0.29, 0.717) is 17.2 Å². The molecule has 0 atom stereocenters. The zero-order valence-electron chi connectivity index (χ0n) is 18.0. The summed E-state index contributed by atoms with van der Waals surface area (Å²) in [7, 11) is 0. The number of nitrogens with one attached hydrogen (secondary N) is 1. The van der Waals surface area contributed by atoms with Crippen LogP contribution in [-0.4, -0.2) is 44.0 Å². The van der Waals surface area contributed by atoms with Crippen LogP contribution in [0.15, 0.2) is 60.9 Å². The van der Waals surface area contributed by atoms with Crippen LogP contribution in [0, 0.1) is 0 Å². The highest BCUT2D eigenvalue weighted by atomic mass is 16.5. The Hall–Kier alpha value is -3.71. The number of pyridine rings is 2. The topological polar surface area (TPSA) is 91.3 Å². The van der Waals surface area contributed by atoms with Gasteiger partial charge >= 0.3 is 0 Å². The van der Waals surface area contributed by atoms with Gasteiger partial charge in [0.25, 0.3) is 5.91 Å². The van der Waals surface area contributed by atoms with Gasteiger partial charge in [-0.15, -0.1) is 0 Å². The van der Waals surface area contributed by atoms with Gasteiger partial charge in [0.2, 0.25) is 0 Å². The second-order valence-corrected chi connectivity index (χ2v) is 8.55. The highest BCUT2D eigenvalue weighted by molar-refractivity contribution is 5.92. The summed E-state index contributed by atoms with van der Waals surface area (Å²) < 4.78 is 5.95. The molecule has 1 aliphatic rings. The fraction of sp³-hybridized carbons (Fsp3) is 0.240. The zero-order valence-corrected chi connectivity index (χ0v) is 18.0. The number of hydrogen-bond acceptors (Lipinski definition) is 5. The van der Waals surface area contributed by atoms with E-state index in [1.165, 1.54) is 0 Å². The normalized spacial score (nSPS) is 13.8. The van der Waals surface area contributed by atoms with Crippen molar-refractivity contribution in [1.29, 1.82) is 0 Å². The molecule has 0 saturated carbocycles. The van der Waals surface area contributed by atoms with Crippen LogP contribution in [0.3, 0.4) is 0 Å².